The molecule has 0 bridgehead atoms. The normalized spacial score (nSPS) is 17.8. The van der Waals surface area contributed by atoms with E-state index in [1.54, 1.807) is 11.9 Å². The van der Waals surface area contributed by atoms with Crippen LogP contribution >= 0.6 is 0 Å². The number of urea groups is 1. The van der Waals surface area contributed by atoms with E-state index in [0.717, 1.165) is 25.9 Å². The van der Waals surface area contributed by atoms with Gasteiger partial charge in [-0.25, -0.2) is 4.79 Å². The van der Waals surface area contributed by atoms with Crippen molar-refractivity contribution in [2.45, 2.75) is 38.4 Å². The SMILES string of the molecule is CN(CCC1CCCCO1)C(=O)Nc1ccc(OC(F)F)cc1. The second-order valence-electron chi connectivity index (χ2n) is 5.53. The number of hydrogen-bond acceptors (Lipinski definition) is 3. The van der Waals surface area contributed by atoms with Crippen molar-refractivity contribution in [3.8, 4) is 5.75 Å². The molecule has 0 aliphatic carbocycles. The Labute approximate surface area is 134 Å². The van der Waals surface area contributed by atoms with E-state index in [0.29, 0.717) is 12.2 Å². The van der Waals surface area contributed by atoms with Gasteiger partial charge < -0.3 is 19.7 Å². The minimum atomic E-state index is -2.86. The molecule has 1 aliphatic rings. The Morgan fingerprint density at radius 1 is 1.39 bits per heavy atom. The summed E-state index contributed by atoms with van der Waals surface area (Å²) < 4.78 is 34.0. The Morgan fingerprint density at radius 3 is 2.74 bits per heavy atom. The summed E-state index contributed by atoms with van der Waals surface area (Å²) >= 11 is 0. The van der Waals surface area contributed by atoms with Crippen molar-refractivity contribution in [2.75, 3.05) is 25.5 Å². The van der Waals surface area contributed by atoms with Crippen molar-refractivity contribution in [1.82, 2.24) is 4.90 Å². The van der Waals surface area contributed by atoms with Crippen molar-refractivity contribution in [1.29, 1.82) is 0 Å². The van der Waals surface area contributed by atoms with Crippen molar-refractivity contribution in [2.24, 2.45) is 0 Å². The first-order valence-corrected chi connectivity index (χ1v) is 7.73. The lowest BCUT2D eigenvalue weighted by molar-refractivity contribution is -0.0498. The average Bonchev–Trinajstić information content (AvgIpc) is 2.55. The summed E-state index contributed by atoms with van der Waals surface area (Å²) in [5.41, 5.74) is 0.525. The predicted octanol–water partition coefficient (Wildman–Crippen LogP) is 3.71. The Bertz CT molecular complexity index is 491. The molecule has 1 aliphatic heterocycles. The Balaban J connectivity index is 1.76. The zero-order chi connectivity index (χ0) is 16.7. The van der Waals surface area contributed by atoms with Gasteiger partial charge in [-0.15, -0.1) is 0 Å². The maximum absolute atomic E-state index is 12.1. The van der Waals surface area contributed by atoms with Crippen molar-refractivity contribution in [3.63, 3.8) is 0 Å². The van der Waals surface area contributed by atoms with Crippen LogP contribution in [0.5, 0.6) is 5.75 Å². The zero-order valence-corrected chi connectivity index (χ0v) is 13.1. The molecule has 5 nitrogen and oxygen atoms in total. The molecule has 0 aromatic heterocycles. The lowest BCUT2D eigenvalue weighted by atomic mass is 10.1. The van der Waals surface area contributed by atoms with Gasteiger partial charge in [-0.1, -0.05) is 0 Å². The van der Waals surface area contributed by atoms with Crippen LogP contribution in [0.2, 0.25) is 0 Å². The fourth-order valence-electron chi connectivity index (χ4n) is 2.41. The maximum atomic E-state index is 12.1. The highest BCUT2D eigenvalue weighted by Gasteiger charge is 2.16. The molecule has 7 heteroatoms. The number of carbonyl (C=O) groups is 1. The van der Waals surface area contributed by atoms with E-state index in [1.807, 2.05) is 0 Å². The van der Waals surface area contributed by atoms with E-state index in [9.17, 15) is 13.6 Å². The Kier molecular flexibility index (Phi) is 6.58. The number of carbonyl (C=O) groups excluding carboxylic acids is 1. The summed E-state index contributed by atoms with van der Waals surface area (Å²) in [5.74, 6) is 0.0563. The van der Waals surface area contributed by atoms with Crippen LogP contribution < -0.4 is 10.1 Å². The Morgan fingerprint density at radius 2 is 2.13 bits per heavy atom. The first kappa shape index (κ1) is 17.5. The van der Waals surface area contributed by atoms with Crippen LogP contribution in [0, 0.1) is 0 Å². The number of hydrogen-bond donors (Lipinski definition) is 1. The lowest BCUT2D eigenvalue weighted by Crippen LogP contribution is -2.34. The highest BCUT2D eigenvalue weighted by atomic mass is 19.3. The van der Waals surface area contributed by atoms with Crippen LogP contribution in [0.1, 0.15) is 25.7 Å². The summed E-state index contributed by atoms with van der Waals surface area (Å²) in [7, 11) is 1.71. The van der Waals surface area contributed by atoms with Gasteiger partial charge in [-0.05, 0) is 49.9 Å². The van der Waals surface area contributed by atoms with Crippen molar-refractivity contribution >= 4 is 11.7 Å². The topological polar surface area (TPSA) is 50.8 Å². The monoisotopic (exact) mass is 328 g/mol. The molecule has 128 valence electrons. The van der Waals surface area contributed by atoms with E-state index >= 15 is 0 Å². The minimum Gasteiger partial charge on any atom is -0.435 e. The van der Waals surface area contributed by atoms with Gasteiger partial charge in [-0.3, -0.25) is 0 Å². The second-order valence-corrected chi connectivity index (χ2v) is 5.53. The maximum Gasteiger partial charge on any atom is 0.387 e. The quantitative estimate of drug-likeness (QED) is 0.866. The number of halogens is 2. The van der Waals surface area contributed by atoms with Gasteiger partial charge in [0.15, 0.2) is 0 Å². The van der Waals surface area contributed by atoms with Gasteiger partial charge in [0.25, 0.3) is 0 Å². The van der Waals surface area contributed by atoms with Gasteiger partial charge in [0.2, 0.25) is 0 Å². The number of amides is 2. The minimum absolute atomic E-state index is 0.0563. The Hall–Kier alpha value is -1.89. The zero-order valence-electron chi connectivity index (χ0n) is 13.1. The van der Waals surface area contributed by atoms with Crippen molar-refractivity contribution in [3.05, 3.63) is 24.3 Å². The molecule has 1 atom stereocenters. The van der Waals surface area contributed by atoms with Crippen LogP contribution in [-0.4, -0.2) is 43.8 Å². The summed E-state index contributed by atoms with van der Waals surface area (Å²) in [4.78, 5) is 13.7. The van der Waals surface area contributed by atoms with Gasteiger partial charge in [-0.2, -0.15) is 8.78 Å². The summed E-state index contributed by atoms with van der Waals surface area (Å²) in [6.07, 6.45) is 4.36. The molecular weight excluding hydrogens is 306 g/mol. The molecule has 1 fully saturated rings. The summed E-state index contributed by atoms with van der Waals surface area (Å²) in [6.45, 7) is -1.46. The fraction of sp³-hybridized carbons (Fsp3) is 0.562. The summed E-state index contributed by atoms with van der Waals surface area (Å²) in [5, 5.41) is 2.71. The molecule has 1 aromatic rings. The van der Waals surface area contributed by atoms with E-state index < -0.39 is 6.61 Å². The highest BCUT2D eigenvalue weighted by molar-refractivity contribution is 5.89. The summed E-state index contributed by atoms with van der Waals surface area (Å²) in [6, 6.07) is 5.57. The first-order chi connectivity index (χ1) is 11.0. The molecule has 0 saturated carbocycles. The van der Waals surface area contributed by atoms with E-state index in [-0.39, 0.29) is 17.9 Å². The van der Waals surface area contributed by atoms with Gasteiger partial charge >= 0.3 is 12.6 Å². The average molecular weight is 328 g/mol. The molecule has 2 amide bonds. The largest absolute Gasteiger partial charge is 0.435 e. The number of benzene rings is 1. The third kappa shape index (κ3) is 6.02. The molecule has 1 N–H and O–H groups in total. The highest BCUT2D eigenvalue weighted by Crippen LogP contribution is 2.18. The van der Waals surface area contributed by atoms with Crippen LogP contribution in [-0.2, 0) is 4.74 Å². The molecule has 1 saturated heterocycles. The number of anilines is 1. The molecule has 1 unspecified atom stereocenters. The number of nitrogens with zero attached hydrogens (tertiary/aromatic N) is 1. The molecule has 1 heterocycles. The van der Waals surface area contributed by atoms with Crippen LogP contribution in [0.15, 0.2) is 24.3 Å². The van der Waals surface area contributed by atoms with Gasteiger partial charge in [0.05, 0.1) is 6.10 Å². The van der Waals surface area contributed by atoms with E-state index in [2.05, 4.69) is 10.1 Å². The fourth-order valence-corrected chi connectivity index (χ4v) is 2.41. The molecule has 1 aromatic carbocycles. The first-order valence-electron chi connectivity index (χ1n) is 7.73. The van der Waals surface area contributed by atoms with E-state index in [4.69, 9.17) is 4.74 Å². The third-order valence-corrected chi connectivity index (χ3v) is 3.74. The van der Waals surface area contributed by atoms with Crippen LogP contribution in [0.4, 0.5) is 19.3 Å². The number of rotatable bonds is 6. The molecular formula is C16H22F2N2O3. The standard InChI is InChI=1S/C16H22F2N2O3/c1-20(10-9-13-4-2-3-11-22-13)16(21)19-12-5-7-14(8-6-12)23-15(17)18/h5-8,13,15H,2-4,9-11H2,1H3,(H,19,21). The number of ether oxygens (including phenoxy) is 2. The van der Waals surface area contributed by atoms with Gasteiger partial charge in [0, 0.05) is 25.9 Å². The van der Waals surface area contributed by atoms with Crippen LogP contribution in [0.3, 0.4) is 0 Å². The smallest absolute Gasteiger partial charge is 0.387 e. The molecule has 2 rings (SSSR count). The predicted molar refractivity (Wildman–Crippen MR) is 82.9 cm³/mol. The lowest BCUT2D eigenvalue weighted by Gasteiger charge is -2.25. The van der Waals surface area contributed by atoms with Gasteiger partial charge in [0.1, 0.15) is 5.75 Å². The van der Waals surface area contributed by atoms with Crippen LogP contribution in [0.25, 0.3) is 0 Å². The second kappa shape index (κ2) is 8.67. The van der Waals surface area contributed by atoms with Crippen molar-refractivity contribution < 1.29 is 23.0 Å². The molecule has 23 heavy (non-hydrogen) atoms. The van der Waals surface area contributed by atoms with E-state index in [1.165, 1.54) is 30.7 Å². The third-order valence-electron chi connectivity index (χ3n) is 3.74. The molecule has 0 radical (unpaired) electrons. The molecule has 0 spiro atoms. The number of nitrogens with one attached hydrogen (secondary N) is 1. The number of alkyl halides is 2.